The van der Waals surface area contributed by atoms with E-state index in [2.05, 4.69) is 15.4 Å². The van der Waals surface area contributed by atoms with E-state index in [4.69, 9.17) is 16.3 Å². The average Bonchev–Trinajstić information content (AvgIpc) is 3.89. The summed E-state index contributed by atoms with van der Waals surface area (Å²) in [5.74, 6) is -3.63. The number of hydrogen-bond acceptors (Lipinski definition) is 6. The van der Waals surface area contributed by atoms with Crippen molar-refractivity contribution in [3.05, 3.63) is 75.8 Å². The van der Waals surface area contributed by atoms with Crippen LogP contribution in [-0.2, 0) is 11.2 Å². The molecule has 2 aliphatic carbocycles. The molecule has 2 heterocycles. The summed E-state index contributed by atoms with van der Waals surface area (Å²) in [6.45, 7) is 2.36. The largest absolute Gasteiger partial charge is 0.494 e. The molecule has 0 radical (unpaired) electrons. The van der Waals surface area contributed by atoms with Crippen molar-refractivity contribution in [1.82, 2.24) is 20.1 Å². The molecule has 0 spiro atoms. The number of nitrogens with zero attached hydrogens (tertiary/aromatic N) is 3. The molecule has 8 nitrogen and oxygen atoms in total. The molecule has 2 aromatic heterocycles. The van der Waals surface area contributed by atoms with Gasteiger partial charge in [0.2, 0.25) is 0 Å². The number of carbonyl (C=O) groups excluding carboxylic acids is 1. The van der Waals surface area contributed by atoms with Crippen molar-refractivity contribution < 1.29 is 32.9 Å². The highest BCUT2D eigenvalue weighted by Gasteiger charge is 2.47. The van der Waals surface area contributed by atoms with Crippen molar-refractivity contribution in [3.63, 3.8) is 0 Å². The number of hydrogen-bond donors (Lipinski definition) is 3. The van der Waals surface area contributed by atoms with E-state index >= 15 is 4.39 Å². The number of rotatable bonds is 9. The first kappa shape index (κ1) is 29.4. The topological polar surface area (TPSA) is 110 Å². The SMILES string of the molecule is COc1cc(C(=O)NC[C@](O)(c2cc(C(C)(C)O)c(F)c(-c3cc(Cl)c(F)cc3F)n2)C2CC2)cc2cn(C3CC3)nc12. The first-order valence-corrected chi connectivity index (χ1v) is 14.3. The summed E-state index contributed by atoms with van der Waals surface area (Å²) in [4.78, 5) is 17.7. The molecule has 0 unspecified atom stereocenters. The Balaban J connectivity index is 1.37. The number of aliphatic hydroxyl groups is 2. The smallest absolute Gasteiger partial charge is 0.251 e. The van der Waals surface area contributed by atoms with Crippen LogP contribution in [0.3, 0.4) is 0 Å². The van der Waals surface area contributed by atoms with Gasteiger partial charge >= 0.3 is 0 Å². The molecular weight excluding hydrogens is 585 g/mol. The third-order valence-electron chi connectivity index (χ3n) is 8.09. The molecular formula is C31H30ClF3N4O4. The molecule has 2 aromatic carbocycles. The second-order valence-corrected chi connectivity index (χ2v) is 12.3. The molecule has 0 bridgehead atoms. The first-order valence-electron chi connectivity index (χ1n) is 14.0. The van der Waals surface area contributed by atoms with Crippen LogP contribution < -0.4 is 10.1 Å². The number of ether oxygens (including phenoxy) is 1. The van der Waals surface area contributed by atoms with Gasteiger partial charge in [0, 0.05) is 34.3 Å². The van der Waals surface area contributed by atoms with Crippen LogP contribution in [-0.4, -0.2) is 44.5 Å². The van der Waals surface area contributed by atoms with Gasteiger partial charge in [-0.3, -0.25) is 9.48 Å². The zero-order chi connectivity index (χ0) is 30.8. The maximum Gasteiger partial charge on any atom is 0.251 e. The highest BCUT2D eigenvalue weighted by Crippen LogP contribution is 2.47. The molecule has 6 rings (SSSR count). The van der Waals surface area contributed by atoms with Crippen LogP contribution >= 0.6 is 11.6 Å². The van der Waals surface area contributed by atoms with Gasteiger partial charge in [-0.25, -0.2) is 18.2 Å². The maximum atomic E-state index is 15.7. The number of halogens is 4. The van der Waals surface area contributed by atoms with E-state index in [0.29, 0.717) is 36.2 Å². The minimum absolute atomic E-state index is 0.0811. The molecule has 3 N–H and O–H groups in total. The molecule has 43 heavy (non-hydrogen) atoms. The highest BCUT2D eigenvalue weighted by molar-refractivity contribution is 6.31. The lowest BCUT2D eigenvalue weighted by Crippen LogP contribution is -2.43. The van der Waals surface area contributed by atoms with Crippen LogP contribution in [0.5, 0.6) is 5.75 Å². The number of benzene rings is 2. The van der Waals surface area contributed by atoms with Gasteiger partial charge in [-0.1, -0.05) is 11.6 Å². The van der Waals surface area contributed by atoms with E-state index in [1.807, 2.05) is 10.9 Å². The Labute approximate surface area is 250 Å². The number of pyridine rings is 1. The molecule has 1 atom stereocenters. The third kappa shape index (κ3) is 5.45. The van der Waals surface area contributed by atoms with Crippen molar-refractivity contribution in [1.29, 1.82) is 0 Å². The monoisotopic (exact) mass is 614 g/mol. The second kappa shape index (κ2) is 10.5. The van der Waals surface area contributed by atoms with Crippen LogP contribution in [0.25, 0.3) is 22.2 Å². The van der Waals surface area contributed by atoms with Crippen LogP contribution in [0.4, 0.5) is 13.2 Å². The van der Waals surface area contributed by atoms with Crippen molar-refractivity contribution in [2.24, 2.45) is 5.92 Å². The summed E-state index contributed by atoms with van der Waals surface area (Å²) in [5.41, 5.74) is -3.98. The number of aromatic nitrogens is 3. The van der Waals surface area contributed by atoms with Crippen molar-refractivity contribution >= 4 is 28.4 Å². The summed E-state index contributed by atoms with van der Waals surface area (Å²) in [6, 6.07) is 6.23. The maximum absolute atomic E-state index is 15.7. The summed E-state index contributed by atoms with van der Waals surface area (Å²) < 4.78 is 51.9. The van der Waals surface area contributed by atoms with Gasteiger partial charge in [-0.2, -0.15) is 5.10 Å². The molecule has 226 valence electrons. The van der Waals surface area contributed by atoms with E-state index in [1.165, 1.54) is 27.0 Å². The van der Waals surface area contributed by atoms with Crippen LogP contribution in [0.15, 0.2) is 36.5 Å². The van der Waals surface area contributed by atoms with Gasteiger partial charge in [0.15, 0.2) is 5.82 Å². The number of fused-ring (bicyclic) bond motifs is 1. The predicted octanol–water partition coefficient (Wildman–Crippen LogP) is 5.77. The van der Waals surface area contributed by atoms with Crippen molar-refractivity contribution in [3.8, 4) is 17.0 Å². The van der Waals surface area contributed by atoms with Crippen LogP contribution in [0.2, 0.25) is 5.02 Å². The molecule has 2 aliphatic rings. The lowest BCUT2D eigenvalue weighted by molar-refractivity contribution is 0.00863. The highest BCUT2D eigenvalue weighted by atomic mass is 35.5. The normalized spacial score (nSPS) is 16.8. The Morgan fingerprint density at radius 1 is 1.09 bits per heavy atom. The summed E-state index contributed by atoms with van der Waals surface area (Å²) in [5, 5.41) is 30.4. The fourth-order valence-corrected chi connectivity index (χ4v) is 5.50. The summed E-state index contributed by atoms with van der Waals surface area (Å²) in [6.07, 6.45) is 5.14. The average molecular weight is 615 g/mol. The number of nitrogens with one attached hydrogen (secondary N) is 1. The van der Waals surface area contributed by atoms with E-state index in [1.54, 1.807) is 12.1 Å². The van der Waals surface area contributed by atoms with E-state index in [-0.39, 0.29) is 29.3 Å². The Hall–Kier alpha value is -3.67. The fraction of sp³-hybridized carbons (Fsp3) is 0.387. The zero-order valence-corrected chi connectivity index (χ0v) is 24.5. The van der Waals surface area contributed by atoms with E-state index in [0.717, 1.165) is 24.3 Å². The van der Waals surface area contributed by atoms with Crippen molar-refractivity contribution in [2.45, 2.75) is 56.8 Å². The minimum Gasteiger partial charge on any atom is -0.494 e. The summed E-state index contributed by atoms with van der Waals surface area (Å²) >= 11 is 5.88. The standard InChI is InChI=1S/C31H30ClF3N4O4/c1-30(2,41)20-11-25(37-28(26(20)35)19-10-21(32)23(34)12-22(19)33)31(42,17-4-5-17)14-36-29(40)15-8-16-13-39(18-6-7-18)38-27(16)24(9-15)43-3/h8-13,17-18,41-42H,4-7,14H2,1-3H3,(H,36,40)/t31-/m1/s1. The predicted molar refractivity (Wildman–Crippen MR) is 153 cm³/mol. The number of methoxy groups -OCH3 is 1. The second-order valence-electron chi connectivity index (χ2n) is 11.9. The first-order chi connectivity index (χ1) is 20.3. The molecule has 2 saturated carbocycles. The molecule has 4 aromatic rings. The molecule has 0 aliphatic heterocycles. The number of amides is 1. The fourth-order valence-electron chi connectivity index (χ4n) is 5.34. The van der Waals surface area contributed by atoms with Gasteiger partial charge in [0.05, 0.1) is 36.0 Å². The van der Waals surface area contributed by atoms with Crippen molar-refractivity contribution in [2.75, 3.05) is 13.7 Å². The van der Waals surface area contributed by atoms with E-state index < -0.39 is 50.8 Å². The Morgan fingerprint density at radius 2 is 1.81 bits per heavy atom. The lowest BCUT2D eigenvalue weighted by Gasteiger charge is -2.31. The number of carbonyl (C=O) groups is 1. The summed E-state index contributed by atoms with van der Waals surface area (Å²) in [7, 11) is 1.49. The van der Waals surface area contributed by atoms with Gasteiger partial charge in [0.1, 0.15) is 34.2 Å². The van der Waals surface area contributed by atoms with Gasteiger partial charge in [0.25, 0.3) is 5.91 Å². The Bertz CT molecular complexity index is 1760. The molecule has 2 fully saturated rings. The van der Waals surface area contributed by atoms with Crippen LogP contribution in [0.1, 0.15) is 67.2 Å². The van der Waals surface area contributed by atoms with Gasteiger partial charge in [-0.15, -0.1) is 0 Å². The Morgan fingerprint density at radius 3 is 2.44 bits per heavy atom. The molecule has 12 heteroatoms. The quantitative estimate of drug-likeness (QED) is 0.207. The minimum atomic E-state index is -1.80. The van der Waals surface area contributed by atoms with Crippen LogP contribution in [0, 0.1) is 23.4 Å². The molecule has 1 amide bonds. The van der Waals surface area contributed by atoms with Gasteiger partial charge < -0.3 is 20.3 Å². The van der Waals surface area contributed by atoms with Gasteiger partial charge in [-0.05, 0) is 69.7 Å². The zero-order valence-electron chi connectivity index (χ0n) is 23.7. The van der Waals surface area contributed by atoms with E-state index in [9.17, 15) is 23.8 Å². The lowest BCUT2D eigenvalue weighted by atomic mass is 9.87. The third-order valence-corrected chi connectivity index (χ3v) is 8.38. The Kier molecular flexibility index (Phi) is 7.18. The molecule has 0 saturated heterocycles.